The molecule has 0 radical (unpaired) electrons. The molecule has 0 spiro atoms. The lowest BCUT2D eigenvalue weighted by Gasteiger charge is -2.17. The number of aromatic nitrogens is 1. The second-order valence-corrected chi connectivity index (χ2v) is 10.2. The van der Waals surface area contributed by atoms with Gasteiger partial charge in [-0.3, -0.25) is 9.59 Å². The van der Waals surface area contributed by atoms with Crippen molar-refractivity contribution in [3.63, 3.8) is 0 Å². The number of ether oxygens (including phenoxy) is 2. The van der Waals surface area contributed by atoms with E-state index in [2.05, 4.69) is 34.4 Å². The Morgan fingerprint density at radius 1 is 0.854 bits per heavy atom. The Morgan fingerprint density at radius 2 is 1.59 bits per heavy atom. The number of methoxy groups -OCH3 is 1. The molecule has 5 rings (SSSR count). The monoisotopic (exact) mass is 549 g/mol. The molecule has 0 unspecified atom stereocenters. The van der Waals surface area contributed by atoms with Crippen molar-refractivity contribution in [2.75, 3.05) is 39.2 Å². The van der Waals surface area contributed by atoms with E-state index in [9.17, 15) is 9.59 Å². The fraction of sp³-hybridized carbons (Fsp3) is 0.235. The first-order chi connectivity index (χ1) is 20.0. The maximum absolute atomic E-state index is 12.9. The minimum atomic E-state index is -0.155. The molecule has 4 aromatic carbocycles. The summed E-state index contributed by atoms with van der Waals surface area (Å²) in [5, 5.41) is 4.17. The number of amides is 1. The van der Waals surface area contributed by atoms with Gasteiger partial charge in [0.25, 0.3) is 0 Å². The van der Waals surface area contributed by atoms with Gasteiger partial charge in [0.05, 0.1) is 25.7 Å². The van der Waals surface area contributed by atoms with Crippen molar-refractivity contribution in [3.05, 3.63) is 112 Å². The van der Waals surface area contributed by atoms with E-state index in [0.29, 0.717) is 28.6 Å². The molecule has 2 N–H and O–H groups in total. The van der Waals surface area contributed by atoms with Gasteiger partial charge < -0.3 is 24.7 Å². The van der Waals surface area contributed by atoms with Crippen molar-refractivity contribution in [2.45, 2.75) is 19.3 Å². The van der Waals surface area contributed by atoms with Gasteiger partial charge in [-0.15, -0.1) is 0 Å². The third kappa shape index (κ3) is 7.13. The fourth-order valence-electron chi connectivity index (χ4n) is 4.92. The number of nitrogens with zero attached hydrogens (tertiary/aromatic N) is 1. The first kappa shape index (κ1) is 27.9. The second kappa shape index (κ2) is 13.2. The van der Waals surface area contributed by atoms with Gasteiger partial charge in [-0.25, -0.2) is 0 Å². The molecule has 0 bridgehead atoms. The summed E-state index contributed by atoms with van der Waals surface area (Å²) in [4.78, 5) is 31.4. The number of carbonyl (C=O) groups excluding carboxylic acids is 1. The first-order valence-corrected chi connectivity index (χ1v) is 13.9. The van der Waals surface area contributed by atoms with E-state index in [1.165, 1.54) is 5.56 Å². The van der Waals surface area contributed by atoms with Crippen LogP contribution in [0.1, 0.15) is 17.5 Å². The second-order valence-electron chi connectivity index (χ2n) is 10.2. The number of H-pyrrole nitrogens is 1. The summed E-state index contributed by atoms with van der Waals surface area (Å²) in [5.41, 5.74) is 4.18. The molecule has 210 valence electrons. The molecule has 0 aliphatic heterocycles. The normalized spacial score (nSPS) is 11.2. The predicted octanol–water partition coefficient (Wildman–Crippen LogP) is 5.81. The summed E-state index contributed by atoms with van der Waals surface area (Å²) < 4.78 is 11.1. The Labute approximate surface area is 239 Å². The van der Waals surface area contributed by atoms with Gasteiger partial charge in [0, 0.05) is 35.1 Å². The Hall–Kier alpha value is -4.62. The van der Waals surface area contributed by atoms with E-state index < -0.39 is 0 Å². The fourth-order valence-corrected chi connectivity index (χ4v) is 4.92. The molecule has 5 aromatic rings. The van der Waals surface area contributed by atoms with Gasteiger partial charge in [0.1, 0.15) is 11.5 Å². The maximum atomic E-state index is 12.9. The van der Waals surface area contributed by atoms with Crippen LogP contribution in [0.25, 0.3) is 21.8 Å². The minimum Gasteiger partial charge on any atom is -0.497 e. The van der Waals surface area contributed by atoms with E-state index in [0.717, 1.165) is 48.5 Å². The molecule has 0 aliphatic rings. The third-order valence-electron chi connectivity index (χ3n) is 7.21. The molecule has 1 amide bonds. The van der Waals surface area contributed by atoms with Crippen LogP contribution in [0, 0.1) is 0 Å². The largest absolute Gasteiger partial charge is 0.497 e. The summed E-state index contributed by atoms with van der Waals surface area (Å²) in [6.45, 7) is 2.54. The van der Waals surface area contributed by atoms with E-state index in [-0.39, 0.29) is 17.8 Å². The number of likely N-dealkylation sites (N-methyl/N-ethyl adjacent to an activating group) is 1. The number of rotatable bonds is 12. The van der Waals surface area contributed by atoms with Crippen molar-refractivity contribution >= 4 is 33.4 Å². The van der Waals surface area contributed by atoms with Crippen molar-refractivity contribution in [1.29, 1.82) is 0 Å². The summed E-state index contributed by atoms with van der Waals surface area (Å²) in [6.07, 6.45) is 2.06. The van der Waals surface area contributed by atoms with Crippen molar-refractivity contribution in [3.8, 4) is 11.5 Å². The van der Waals surface area contributed by atoms with E-state index in [1.807, 2.05) is 72.8 Å². The molecule has 0 saturated heterocycles. The molecule has 1 heterocycles. The zero-order valence-electron chi connectivity index (χ0n) is 23.5. The number of carbonyl (C=O) groups is 1. The minimum absolute atomic E-state index is 0.0348. The van der Waals surface area contributed by atoms with Crippen LogP contribution in [0.15, 0.2) is 95.8 Å². The smallest absolute Gasteiger partial charge is 0.228 e. The highest BCUT2D eigenvalue weighted by molar-refractivity contribution is 5.98. The number of pyridine rings is 1. The lowest BCUT2D eigenvalue weighted by Crippen LogP contribution is -2.23. The van der Waals surface area contributed by atoms with Gasteiger partial charge in [-0.05, 0) is 85.6 Å². The molecular weight excluding hydrogens is 514 g/mol. The zero-order valence-corrected chi connectivity index (χ0v) is 23.5. The van der Waals surface area contributed by atoms with Crippen LogP contribution in [0.5, 0.6) is 11.5 Å². The van der Waals surface area contributed by atoms with Gasteiger partial charge in [0.2, 0.25) is 5.91 Å². The highest BCUT2D eigenvalue weighted by Crippen LogP contribution is 2.20. The number of hydrogen-bond acceptors (Lipinski definition) is 5. The van der Waals surface area contributed by atoms with Crippen molar-refractivity contribution < 1.29 is 14.3 Å². The van der Waals surface area contributed by atoms with Crippen LogP contribution in [0.3, 0.4) is 0 Å². The van der Waals surface area contributed by atoms with Gasteiger partial charge >= 0.3 is 0 Å². The third-order valence-corrected chi connectivity index (χ3v) is 7.21. The van der Waals surface area contributed by atoms with E-state index in [4.69, 9.17) is 9.47 Å². The summed E-state index contributed by atoms with van der Waals surface area (Å²) in [5.74, 6) is 1.49. The molecule has 1 aromatic heterocycles. The summed E-state index contributed by atoms with van der Waals surface area (Å²) >= 11 is 0. The van der Waals surface area contributed by atoms with Gasteiger partial charge in [-0.2, -0.15) is 0 Å². The van der Waals surface area contributed by atoms with Crippen LogP contribution in [-0.4, -0.2) is 49.6 Å². The number of hydrogen-bond donors (Lipinski definition) is 2. The first-order valence-electron chi connectivity index (χ1n) is 13.9. The summed E-state index contributed by atoms with van der Waals surface area (Å²) in [7, 11) is 3.80. The summed E-state index contributed by atoms with van der Waals surface area (Å²) in [6, 6.07) is 28.5. The lowest BCUT2D eigenvalue weighted by molar-refractivity contribution is -0.115. The zero-order chi connectivity index (χ0) is 28.6. The Morgan fingerprint density at radius 3 is 2.37 bits per heavy atom. The van der Waals surface area contributed by atoms with Crippen LogP contribution >= 0.6 is 0 Å². The highest BCUT2D eigenvalue weighted by Gasteiger charge is 2.12. The molecule has 0 aliphatic carbocycles. The number of aromatic amines is 1. The maximum Gasteiger partial charge on any atom is 0.228 e. The molecule has 41 heavy (non-hydrogen) atoms. The highest BCUT2D eigenvalue weighted by atomic mass is 16.5. The van der Waals surface area contributed by atoms with Gasteiger partial charge in [-0.1, -0.05) is 36.4 Å². The van der Waals surface area contributed by atoms with Crippen molar-refractivity contribution in [1.82, 2.24) is 9.88 Å². The Bertz CT molecular complexity index is 1680. The average molecular weight is 550 g/mol. The lowest BCUT2D eigenvalue weighted by atomic mass is 10.0. The molecule has 0 saturated carbocycles. The molecule has 7 heteroatoms. The molecule has 0 fully saturated rings. The number of para-hydroxylation sites is 2. The quantitative estimate of drug-likeness (QED) is 0.152. The number of fused-ring (bicyclic) bond motifs is 2. The van der Waals surface area contributed by atoms with Gasteiger partial charge in [0.15, 0.2) is 5.43 Å². The van der Waals surface area contributed by atoms with E-state index in [1.54, 1.807) is 13.2 Å². The van der Waals surface area contributed by atoms with Crippen molar-refractivity contribution in [2.24, 2.45) is 0 Å². The van der Waals surface area contributed by atoms with Crippen LogP contribution in [0.2, 0.25) is 0 Å². The molecule has 0 atom stereocenters. The Balaban J connectivity index is 1.08. The number of anilines is 1. The van der Waals surface area contributed by atoms with E-state index >= 15 is 0 Å². The molecule has 7 nitrogen and oxygen atoms in total. The average Bonchev–Trinajstić information content (AvgIpc) is 3.00. The standard InChI is InChI=1S/C34H35N3O4/c1-37(21-19-24-11-15-27(40-2)16-12-24)20-6-22-41-28-17-13-26(14-18-28)35-32(38)23-25-7-5-9-30-33(25)36-31-10-4-3-8-29(31)34(30)39/h3-5,7-18H,6,19-23H2,1-2H3,(H,35,38)(H,36,39). The number of nitrogens with one attached hydrogen (secondary N) is 2. The number of benzene rings is 4. The Kier molecular flexibility index (Phi) is 8.96. The van der Waals surface area contributed by atoms with Crippen LogP contribution in [0.4, 0.5) is 5.69 Å². The van der Waals surface area contributed by atoms with Crippen LogP contribution in [-0.2, 0) is 17.6 Å². The van der Waals surface area contributed by atoms with Crippen LogP contribution < -0.4 is 20.2 Å². The predicted molar refractivity (Wildman–Crippen MR) is 165 cm³/mol. The molecular formula is C34H35N3O4. The topological polar surface area (TPSA) is 83.7 Å². The SMILES string of the molecule is COc1ccc(CCN(C)CCCOc2ccc(NC(=O)Cc3cccc4c(=O)c5ccccc5[nH]c34)cc2)cc1.